The SMILES string of the molecule is COc1ccc([C@@H](CNC[C@H](O)CO)c2c[nH]c3ccccc23)cc1. The number of rotatable bonds is 8. The lowest BCUT2D eigenvalue weighted by Gasteiger charge is -2.19. The molecule has 0 amide bonds. The van der Waals surface area contributed by atoms with E-state index in [-0.39, 0.29) is 12.5 Å². The minimum absolute atomic E-state index is 0.118. The average Bonchev–Trinajstić information content (AvgIpc) is 3.09. The maximum atomic E-state index is 9.58. The summed E-state index contributed by atoms with van der Waals surface area (Å²) < 4.78 is 5.25. The number of aromatic nitrogens is 1. The van der Waals surface area contributed by atoms with Crippen LogP contribution in [0, 0.1) is 0 Å². The zero-order chi connectivity index (χ0) is 17.6. The number of H-pyrrole nitrogens is 1. The third kappa shape index (κ3) is 4.02. The van der Waals surface area contributed by atoms with Gasteiger partial charge in [0, 0.05) is 36.1 Å². The summed E-state index contributed by atoms with van der Waals surface area (Å²) in [6.07, 6.45) is 1.29. The molecule has 25 heavy (non-hydrogen) atoms. The normalized spacial score (nSPS) is 13.7. The molecule has 0 fully saturated rings. The van der Waals surface area contributed by atoms with Gasteiger partial charge >= 0.3 is 0 Å². The number of aliphatic hydroxyl groups excluding tert-OH is 2. The minimum Gasteiger partial charge on any atom is -0.497 e. The Morgan fingerprint density at radius 2 is 1.84 bits per heavy atom. The van der Waals surface area contributed by atoms with Gasteiger partial charge in [0.2, 0.25) is 0 Å². The molecule has 3 rings (SSSR count). The van der Waals surface area contributed by atoms with Gasteiger partial charge in [0.1, 0.15) is 5.75 Å². The molecule has 0 saturated carbocycles. The minimum atomic E-state index is -0.750. The smallest absolute Gasteiger partial charge is 0.118 e. The summed E-state index contributed by atoms with van der Waals surface area (Å²) in [4.78, 5) is 3.33. The van der Waals surface area contributed by atoms with Crippen molar-refractivity contribution in [3.8, 4) is 5.75 Å². The summed E-state index contributed by atoms with van der Waals surface area (Å²) in [6, 6.07) is 16.3. The van der Waals surface area contributed by atoms with E-state index in [9.17, 15) is 5.11 Å². The molecule has 1 aromatic heterocycles. The van der Waals surface area contributed by atoms with Crippen molar-refractivity contribution in [1.29, 1.82) is 0 Å². The zero-order valence-corrected chi connectivity index (χ0v) is 14.3. The van der Waals surface area contributed by atoms with E-state index in [1.54, 1.807) is 7.11 Å². The molecule has 1 heterocycles. The molecule has 0 bridgehead atoms. The second kappa shape index (κ2) is 8.16. The molecular weight excluding hydrogens is 316 g/mol. The Balaban J connectivity index is 1.90. The maximum absolute atomic E-state index is 9.58. The van der Waals surface area contributed by atoms with Crippen LogP contribution in [0.15, 0.2) is 54.7 Å². The number of benzene rings is 2. The topological polar surface area (TPSA) is 77.5 Å². The fraction of sp³-hybridized carbons (Fsp3) is 0.300. The van der Waals surface area contributed by atoms with Gasteiger partial charge in [0.15, 0.2) is 0 Å². The highest BCUT2D eigenvalue weighted by Gasteiger charge is 2.18. The molecule has 2 aromatic carbocycles. The van der Waals surface area contributed by atoms with Crippen LogP contribution in [0.2, 0.25) is 0 Å². The summed E-state index contributed by atoms with van der Waals surface area (Å²) in [5.41, 5.74) is 3.47. The highest BCUT2D eigenvalue weighted by Crippen LogP contribution is 2.31. The van der Waals surface area contributed by atoms with E-state index in [2.05, 4.69) is 34.6 Å². The van der Waals surface area contributed by atoms with Gasteiger partial charge in [0.25, 0.3) is 0 Å². The molecule has 0 aliphatic heterocycles. The lowest BCUT2D eigenvalue weighted by atomic mass is 9.90. The molecule has 5 heteroatoms. The molecule has 2 atom stereocenters. The number of para-hydroxylation sites is 1. The van der Waals surface area contributed by atoms with Crippen molar-refractivity contribution in [3.63, 3.8) is 0 Å². The lowest BCUT2D eigenvalue weighted by molar-refractivity contribution is 0.0944. The first-order valence-corrected chi connectivity index (χ1v) is 8.42. The van der Waals surface area contributed by atoms with Crippen molar-refractivity contribution < 1.29 is 14.9 Å². The quantitative estimate of drug-likeness (QED) is 0.507. The molecule has 0 saturated heterocycles. The maximum Gasteiger partial charge on any atom is 0.118 e. The number of hydrogen-bond donors (Lipinski definition) is 4. The van der Waals surface area contributed by atoms with Crippen molar-refractivity contribution in [2.75, 3.05) is 26.8 Å². The second-order valence-corrected chi connectivity index (χ2v) is 6.11. The van der Waals surface area contributed by atoms with Crippen LogP contribution < -0.4 is 10.1 Å². The van der Waals surface area contributed by atoms with Crippen LogP contribution in [0.1, 0.15) is 17.0 Å². The van der Waals surface area contributed by atoms with Crippen molar-refractivity contribution in [2.24, 2.45) is 0 Å². The Kier molecular flexibility index (Phi) is 5.71. The first-order valence-electron chi connectivity index (χ1n) is 8.42. The Bertz CT molecular complexity index is 798. The van der Waals surface area contributed by atoms with Gasteiger partial charge in [-0.1, -0.05) is 30.3 Å². The number of aliphatic hydroxyl groups is 2. The number of aromatic amines is 1. The van der Waals surface area contributed by atoms with Gasteiger partial charge in [0.05, 0.1) is 19.8 Å². The van der Waals surface area contributed by atoms with Crippen LogP contribution in [0.3, 0.4) is 0 Å². The summed E-state index contributed by atoms with van der Waals surface area (Å²) in [6.45, 7) is 0.768. The highest BCUT2D eigenvalue weighted by molar-refractivity contribution is 5.84. The Hall–Kier alpha value is -2.34. The van der Waals surface area contributed by atoms with Gasteiger partial charge in [-0.05, 0) is 29.3 Å². The van der Waals surface area contributed by atoms with Crippen LogP contribution in [0.25, 0.3) is 10.9 Å². The van der Waals surface area contributed by atoms with Crippen LogP contribution in [0.5, 0.6) is 5.75 Å². The molecule has 0 unspecified atom stereocenters. The molecule has 132 valence electrons. The molecule has 0 spiro atoms. The number of methoxy groups -OCH3 is 1. The van der Waals surface area contributed by atoms with E-state index < -0.39 is 6.10 Å². The molecule has 0 radical (unpaired) electrons. The molecule has 5 nitrogen and oxygen atoms in total. The van der Waals surface area contributed by atoms with Crippen LogP contribution in [0.4, 0.5) is 0 Å². The molecule has 0 aliphatic rings. The van der Waals surface area contributed by atoms with Gasteiger partial charge in [-0.25, -0.2) is 0 Å². The number of fused-ring (bicyclic) bond motifs is 1. The van der Waals surface area contributed by atoms with Gasteiger partial charge in [-0.2, -0.15) is 0 Å². The number of ether oxygens (including phenoxy) is 1. The van der Waals surface area contributed by atoms with Crippen LogP contribution in [-0.4, -0.2) is 48.1 Å². The predicted molar refractivity (Wildman–Crippen MR) is 99.1 cm³/mol. The van der Waals surface area contributed by atoms with Crippen molar-refractivity contribution in [3.05, 3.63) is 65.9 Å². The van der Waals surface area contributed by atoms with Crippen molar-refractivity contribution >= 4 is 10.9 Å². The Labute approximate surface area is 147 Å². The van der Waals surface area contributed by atoms with Gasteiger partial charge in [-0.15, -0.1) is 0 Å². The van der Waals surface area contributed by atoms with E-state index in [1.165, 1.54) is 10.9 Å². The standard InChI is InChI=1S/C20H24N2O3/c1-25-16-8-6-14(7-9-16)18(11-21-10-15(24)13-23)19-12-22-20-5-3-2-4-17(19)20/h2-9,12,15,18,21-24H,10-11,13H2,1H3/t15-,18+/m0/s1. The summed E-state index contributed by atoms with van der Waals surface area (Å²) in [5.74, 6) is 0.943. The Morgan fingerprint density at radius 3 is 2.56 bits per heavy atom. The molecular formula is C20H24N2O3. The second-order valence-electron chi connectivity index (χ2n) is 6.11. The van der Waals surface area contributed by atoms with E-state index in [0.29, 0.717) is 13.1 Å². The fourth-order valence-electron chi connectivity index (χ4n) is 3.08. The summed E-state index contributed by atoms with van der Waals surface area (Å²) >= 11 is 0. The summed E-state index contributed by atoms with van der Waals surface area (Å²) in [7, 11) is 1.66. The first kappa shape index (κ1) is 17.5. The molecule has 4 N–H and O–H groups in total. The van der Waals surface area contributed by atoms with Crippen LogP contribution in [-0.2, 0) is 0 Å². The van der Waals surface area contributed by atoms with E-state index in [1.807, 2.05) is 30.5 Å². The monoisotopic (exact) mass is 340 g/mol. The van der Waals surface area contributed by atoms with Crippen molar-refractivity contribution in [1.82, 2.24) is 10.3 Å². The van der Waals surface area contributed by atoms with Crippen molar-refractivity contribution in [2.45, 2.75) is 12.0 Å². The van der Waals surface area contributed by atoms with Gasteiger partial charge < -0.3 is 25.3 Å². The van der Waals surface area contributed by atoms with E-state index >= 15 is 0 Å². The lowest BCUT2D eigenvalue weighted by Crippen LogP contribution is -2.32. The van der Waals surface area contributed by atoms with E-state index in [4.69, 9.17) is 9.84 Å². The summed E-state index contributed by atoms with van der Waals surface area (Å²) in [5, 5.41) is 23.0. The largest absolute Gasteiger partial charge is 0.497 e. The fourth-order valence-corrected chi connectivity index (χ4v) is 3.08. The third-order valence-electron chi connectivity index (χ3n) is 4.45. The molecule has 3 aromatic rings. The number of hydrogen-bond acceptors (Lipinski definition) is 4. The average molecular weight is 340 g/mol. The third-order valence-corrected chi connectivity index (χ3v) is 4.45. The molecule has 0 aliphatic carbocycles. The Morgan fingerprint density at radius 1 is 1.08 bits per heavy atom. The number of nitrogens with one attached hydrogen (secondary N) is 2. The highest BCUT2D eigenvalue weighted by atomic mass is 16.5. The first-order chi connectivity index (χ1) is 12.2. The van der Waals surface area contributed by atoms with Gasteiger partial charge in [-0.3, -0.25) is 0 Å². The predicted octanol–water partition coefficient (Wildman–Crippen LogP) is 2.25. The van der Waals surface area contributed by atoms with E-state index in [0.717, 1.165) is 16.8 Å². The zero-order valence-electron chi connectivity index (χ0n) is 14.3. The van der Waals surface area contributed by atoms with Crippen LogP contribution >= 0.6 is 0 Å².